The molecule has 1 amide bonds. The zero-order valence-electron chi connectivity index (χ0n) is 8.86. The number of carbonyl (C=O) groups excluding carboxylic acids is 1. The van der Waals surface area contributed by atoms with Crippen LogP contribution in [-0.2, 0) is 0 Å². The van der Waals surface area contributed by atoms with Crippen molar-refractivity contribution in [3.05, 3.63) is 39.7 Å². The van der Waals surface area contributed by atoms with E-state index >= 15 is 0 Å². The lowest BCUT2D eigenvalue weighted by Crippen LogP contribution is -2.30. The van der Waals surface area contributed by atoms with Gasteiger partial charge in [-0.3, -0.25) is 14.9 Å². The molecule has 0 saturated heterocycles. The van der Waals surface area contributed by atoms with Gasteiger partial charge in [-0.15, -0.1) is 0 Å². The monoisotopic (exact) mass is 226 g/mol. The normalized spacial score (nSPS) is 10.2. The average molecular weight is 226 g/mol. The van der Waals surface area contributed by atoms with Gasteiger partial charge in [0.2, 0.25) is 5.82 Å². The van der Waals surface area contributed by atoms with Gasteiger partial charge in [-0.05, 0) is 26.0 Å². The second-order valence-electron chi connectivity index (χ2n) is 3.55. The molecule has 0 fully saturated rings. The first-order valence-electron chi connectivity index (χ1n) is 4.66. The highest BCUT2D eigenvalue weighted by Crippen LogP contribution is 2.17. The summed E-state index contributed by atoms with van der Waals surface area (Å²) in [5, 5.41) is 12.9. The Balaban J connectivity index is 2.97. The number of nitro benzene ring substituents is 1. The Hall–Kier alpha value is -1.98. The highest BCUT2D eigenvalue weighted by atomic mass is 19.1. The Labute approximate surface area is 91.4 Å². The van der Waals surface area contributed by atoms with Crippen molar-refractivity contribution in [1.82, 2.24) is 5.32 Å². The van der Waals surface area contributed by atoms with Crippen LogP contribution in [0.3, 0.4) is 0 Å². The number of hydrogen-bond acceptors (Lipinski definition) is 3. The maximum atomic E-state index is 13.2. The molecule has 1 aromatic carbocycles. The number of carbonyl (C=O) groups is 1. The number of nitrogens with zero attached hydrogens (tertiary/aromatic N) is 1. The predicted octanol–water partition coefficient (Wildman–Crippen LogP) is 1.87. The maximum Gasteiger partial charge on any atom is 0.304 e. The molecule has 5 nitrogen and oxygen atoms in total. The summed E-state index contributed by atoms with van der Waals surface area (Å²) < 4.78 is 13.2. The first-order valence-corrected chi connectivity index (χ1v) is 4.66. The summed E-state index contributed by atoms with van der Waals surface area (Å²) in [6.07, 6.45) is 0. The Bertz CT molecular complexity index is 432. The van der Waals surface area contributed by atoms with Crippen molar-refractivity contribution in [2.45, 2.75) is 19.9 Å². The molecule has 1 aromatic rings. The third kappa shape index (κ3) is 2.75. The number of hydrogen-bond donors (Lipinski definition) is 1. The zero-order valence-corrected chi connectivity index (χ0v) is 8.86. The average Bonchev–Trinajstić information content (AvgIpc) is 2.15. The van der Waals surface area contributed by atoms with Crippen LogP contribution in [-0.4, -0.2) is 16.9 Å². The van der Waals surface area contributed by atoms with E-state index in [2.05, 4.69) is 5.32 Å². The molecular formula is C10H11FN2O3. The van der Waals surface area contributed by atoms with Crippen LogP contribution in [0.15, 0.2) is 18.2 Å². The number of nitrogens with one attached hydrogen (secondary N) is 1. The van der Waals surface area contributed by atoms with Gasteiger partial charge in [-0.1, -0.05) is 0 Å². The quantitative estimate of drug-likeness (QED) is 0.631. The molecule has 0 bridgehead atoms. The van der Waals surface area contributed by atoms with Crippen molar-refractivity contribution in [3.63, 3.8) is 0 Å². The molecule has 1 rings (SSSR count). The summed E-state index contributed by atoms with van der Waals surface area (Å²) in [5.41, 5.74) is -0.571. The van der Waals surface area contributed by atoms with Crippen LogP contribution in [0.2, 0.25) is 0 Å². The van der Waals surface area contributed by atoms with Gasteiger partial charge in [0.1, 0.15) is 0 Å². The van der Waals surface area contributed by atoms with Crippen LogP contribution in [0.5, 0.6) is 0 Å². The van der Waals surface area contributed by atoms with Gasteiger partial charge in [0, 0.05) is 17.7 Å². The molecule has 0 radical (unpaired) electrons. The number of rotatable bonds is 3. The Morgan fingerprint density at radius 2 is 2.12 bits per heavy atom. The molecule has 6 heteroatoms. The van der Waals surface area contributed by atoms with Gasteiger partial charge in [0.05, 0.1) is 4.92 Å². The Morgan fingerprint density at radius 3 is 2.56 bits per heavy atom. The van der Waals surface area contributed by atoms with E-state index in [-0.39, 0.29) is 11.6 Å². The van der Waals surface area contributed by atoms with Crippen LogP contribution in [0.25, 0.3) is 0 Å². The van der Waals surface area contributed by atoms with E-state index in [1.54, 1.807) is 13.8 Å². The predicted molar refractivity (Wildman–Crippen MR) is 55.7 cm³/mol. The van der Waals surface area contributed by atoms with Gasteiger partial charge in [0.25, 0.3) is 5.91 Å². The fourth-order valence-electron chi connectivity index (χ4n) is 1.14. The van der Waals surface area contributed by atoms with E-state index in [0.29, 0.717) is 0 Å². The third-order valence-electron chi connectivity index (χ3n) is 1.83. The molecular weight excluding hydrogens is 215 g/mol. The fourth-order valence-corrected chi connectivity index (χ4v) is 1.14. The highest BCUT2D eigenvalue weighted by molar-refractivity contribution is 5.94. The summed E-state index contributed by atoms with van der Waals surface area (Å²) in [6, 6.07) is 2.98. The minimum atomic E-state index is -1.01. The van der Waals surface area contributed by atoms with Gasteiger partial charge < -0.3 is 5.32 Å². The lowest BCUT2D eigenvalue weighted by Gasteiger charge is -2.07. The summed E-state index contributed by atoms with van der Waals surface area (Å²) in [5.74, 6) is -1.47. The maximum absolute atomic E-state index is 13.2. The first kappa shape index (κ1) is 12.1. The minimum absolute atomic E-state index is 0.0665. The molecule has 16 heavy (non-hydrogen) atoms. The van der Waals surface area contributed by atoms with Crippen molar-refractivity contribution in [3.8, 4) is 0 Å². The molecule has 86 valence electrons. The lowest BCUT2D eigenvalue weighted by atomic mass is 10.2. The summed E-state index contributed by atoms with van der Waals surface area (Å²) in [6.45, 7) is 3.53. The molecule has 1 N–H and O–H groups in total. The van der Waals surface area contributed by atoms with E-state index in [4.69, 9.17) is 0 Å². The fraction of sp³-hybridized carbons (Fsp3) is 0.300. The summed E-state index contributed by atoms with van der Waals surface area (Å²) in [7, 11) is 0. The first-order chi connectivity index (χ1) is 7.41. The van der Waals surface area contributed by atoms with Gasteiger partial charge in [0.15, 0.2) is 0 Å². The summed E-state index contributed by atoms with van der Waals surface area (Å²) >= 11 is 0. The molecule has 0 atom stereocenters. The standard InChI is InChI=1S/C10H11FN2O3/c1-6(2)12-10(14)7-3-4-9(13(15)16)8(11)5-7/h3-6H,1-2H3,(H,12,14). The number of halogens is 1. The molecule has 0 unspecified atom stereocenters. The largest absolute Gasteiger partial charge is 0.350 e. The van der Waals surface area contributed by atoms with Crippen molar-refractivity contribution in [2.75, 3.05) is 0 Å². The van der Waals surface area contributed by atoms with Crippen molar-refractivity contribution in [2.24, 2.45) is 0 Å². The number of nitro groups is 1. The van der Waals surface area contributed by atoms with E-state index < -0.39 is 22.3 Å². The van der Waals surface area contributed by atoms with Crippen molar-refractivity contribution >= 4 is 11.6 Å². The number of benzene rings is 1. The molecule has 0 spiro atoms. The van der Waals surface area contributed by atoms with E-state index in [0.717, 1.165) is 12.1 Å². The van der Waals surface area contributed by atoms with Gasteiger partial charge >= 0.3 is 5.69 Å². The van der Waals surface area contributed by atoms with Crippen molar-refractivity contribution in [1.29, 1.82) is 0 Å². The lowest BCUT2D eigenvalue weighted by molar-refractivity contribution is -0.387. The van der Waals surface area contributed by atoms with E-state index in [9.17, 15) is 19.3 Å². The Kier molecular flexibility index (Phi) is 3.55. The minimum Gasteiger partial charge on any atom is -0.350 e. The smallest absolute Gasteiger partial charge is 0.304 e. The molecule has 0 aromatic heterocycles. The van der Waals surface area contributed by atoms with Crippen LogP contribution in [0, 0.1) is 15.9 Å². The highest BCUT2D eigenvalue weighted by Gasteiger charge is 2.16. The third-order valence-corrected chi connectivity index (χ3v) is 1.83. The van der Waals surface area contributed by atoms with E-state index in [1.807, 2.05) is 0 Å². The van der Waals surface area contributed by atoms with Crippen LogP contribution in [0.1, 0.15) is 24.2 Å². The molecule has 0 aliphatic rings. The van der Waals surface area contributed by atoms with Crippen LogP contribution < -0.4 is 5.32 Å². The van der Waals surface area contributed by atoms with E-state index in [1.165, 1.54) is 6.07 Å². The van der Waals surface area contributed by atoms with Gasteiger partial charge in [-0.2, -0.15) is 4.39 Å². The van der Waals surface area contributed by atoms with Gasteiger partial charge in [-0.25, -0.2) is 0 Å². The Morgan fingerprint density at radius 1 is 1.50 bits per heavy atom. The number of amides is 1. The zero-order chi connectivity index (χ0) is 12.3. The molecule has 0 saturated carbocycles. The molecule has 0 heterocycles. The molecule has 0 aliphatic heterocycles. The van der Waals surface area contributed by atoms with Crippen LogP contribution >= 0.6 is 0 Å². The SMILES string of the molecule is CC(C)NC(=O)c1ccc([N+](=O)[O-])c(F)c1. The van der Waals surface area contributed by atoms with Crippen molar-refractivity contribution < 1.29 is 14.1 Å². The molecule has 0 aliphatic carbocycles. The summed E-state index contributed by atoms with van der Waals surface area (Å²) in [4.78, 5) is 21.0. The second-order valence-corrected chi connectivity index (χ2v) is 3.55. The van der Waals surface area contributed by atoms with Crippen LogP contribution in [0.4, 0.5) is 10.1 Å². The second kappa shape index (κ2) is 4.69. The topological polar surface area (TPSA) is 72.2 Å².